The van der Waals surface area contributed by atoms with Crippen LogP contribution in [0.5, 0.6) is 0 Å². The molecule has 120 valence electrons. The maximum atomic E-state index is 2.61. The van der Waals surface area contributed by atoms with Crippen molar-refractivity contribution in [1.29, 1.82) is 0 Å². The van der Waals surface area contributed by atoms with Crippen LogP contribution in [0.3, 0.4) is 0 Å². The topological polar surface area (TPSA) is 0 Å². The molecule has 0 spiro atoms. The predicted octanol–water partition coefficient (Wildman–Crippen LogP) is -0.642. The monoisotopic (exact) mass is 430 g/mol. The van der Waals surface area contributed by atoms with Crippen LogP contribution in [0.1, 0.15) is 41.5 Å². The van der Waals surface area contributed by atoms with Gasteiger partial charge in [0.15, 0.2) is 0 Å². The van der Waals surface area contributed by atoms with Gasteiger partial charge in [-0.05, 0) is 0 Å². The fraction of sp³-hybridized carbons (Fsp3) is 0.556. The second kappa shape index (κ2) is 6.51. The van der Waals surface area contributed by atoms with Crippen LogP contribution >= 0.6 is 0 Å². The van der Waals surface area contributed by atoms with Crippen molar-refractivity contribution in [3.05, 3.63) is 39.2 Å². The van der Waals surface area contributed by atoms with Gasteiger partial charge in [0.25, 0.3) is 0 Å². The van der Waals surface area contributed by atoms with Crippen LogP contribution in [0.25, 0.3) is 0 Å². The van der Waals surface area contributed by atoms with Gasteiger partial charge in [0.1, 0.15) is 0 Å². The number of hydrogen-bond donors (Lipinski definition) is 0. The van der Waals surface area contributed by atoms with Gasteiger partial charge in [-0.2, -0.15) is 0 Å². The van der Waals surface area contributed by atoms with Crippen molar-refractivity contribution < 1.29 is 48.0 Å². The van der Waals surface area contributed by atoms with Crippen molar-refractivity contribution in [2.45, 2.75) is 54.6 Å². The predicted molar refractivity (Wildman–Crippen MR) is 86.6 cm³/mol. The first-order chi connectivity index (χ1) is 9.19. The Labute approximate surface area is 161 Å². The standard InChI is InChI=1S/C18H26Si.2ClH.Zr/c1-11-9-13(3)17(15(11)5)19(7,8)18-14(4)10-12(2)16(18)6;;;/h13-14H,1-8H3;2*1H;/q;;;+2/p-2/t13-,14+;;;. The van der Waals surface area contributed by atoms with E-state index in [-0.39, 0.29) is 24.8 Å². The van der Waals surface area contributed by atoms with Gasteiger partial charge in [-0.1, -0.05) is 0 Å². The maximum absolute atomic E-state index is 2.61. The first kappa shape index (κ1) is 20.7. The number of fused-ring (bicyclic) bond motifs is 4. The molecule has 4 bridgehead atoms. The fourth-order valence-corrected chi connectivity index (χ4v) is 15.1. The molecule has 1 saturated heterocycles. The number of hydrogen-bond acceptors (Lipinski definition) is 0. The Bertz CT molecular complexity index is 596. The normalized spacial score (nSPS) is 28.7. The summed E-state index contributed by atoms with van der Waals surface area (Å²) in [5, 5.41) is 3.72. The summed E-state index contributed by atoms with van der Waals surface area (Å²) in [6, 6.07) is 0. The van der Waals surface area contributed by atoms with Gasteiger partial charge in [0.05, 0.1) is 0 Å². The van der Waals surface area contributed by atoms with Crippen molar-refractivity contribution in [1.82, 2.24) is 0 Å². The Hall–Kier alpha value is 0.640. The summed E-state index contributed by atoms with van der Waals surface area (Å²) in [4.78, 5) is 0. The van der Waals surface area contributed by atoms with Crippen LogP contribution in [-0.4, -0.2) is 8.07 Å². The van der Waals surface area contributed by atoms with Crippen LogP contribution in [0, 0.1) is 11.8 Å². The van der Waals surface area contributed by atoms with Crippen molar-refractivity contribution >= 4 is 8.07 Å². The molecule has 0 nitrogen and oxygen atoms in total. The molecular formula is C18H26Cl2SiZr. The molecule has 0 N–H and O–H groups in total. The van der Waals surface area contributed by atoms with Crippen molar-refractivity contribution in [2.75, 3.05) is 0 Å². The largest absolute Gasteiger partial charge is 1.00 e. The van der Waals surface area contributed by atoms with Crippen molar-refractivity contribution in [3.63, 3.8) is 0 Å². The summed E-state index contributed by atoms with van der Waals surface area (Å²) in [7, 11) is -1.48. The molecule has 1 aliphatic heterocycles. The summed E-state index contributed by atoms with van der Waals surface area (Å²) in [5.74, 6) is 1.53. The van der Waals surface area contributed by atoms with E-state index >= 15 is 0 Å². The van der Waals surface area contributed by atoms with Gasteiger partial charge >= 0.3 is 137 Å². The quantitative estimate of drug-likeness (QED) is 0.447. The Morgan fingerprint density at radius 3 is 1.32 bits per heavy atom. The summed E-state index contributed by atoms with van der Waals surface area (Å²) in [5.41, 5.74) is 6.70. The number of halogens is 2. The molecule has 0 unspecified atom stereocenters. The fourth-order valence-electron chi connectivity index (χ4n) is 5.11. The summed E-state index contributed by atoms with van der Waals surface area (Å²) in [6.45, 7) is 19.8. The minimum absolute atomic E-state index is 0. The molecule has 0 amide bonds. The van der Waals surface area contributed by atoms with E-state index in [1.807, 2.05) is 17.0 Å². The molecule has 2 aliphatic carbocycles. The second-order valence-electron chi connectivity index (χ2n) is 7.35. The van der Waals surface area contributed by atoms with E-state index in [1.54, 1.807) is 22.3 Å². The van der Waals surface area contributed by atoms with Crippen LogP contribution in [0.4, 0.5) is 0 Å². The third kappa shape index (κ3) is 2.48. The van der Waals surface area contributed by atoms with Crippen LogP contribution in [0.15, 0.2) is 39.2 Å². The zero-order valence-electron chi connectivity index (χ0n) is 14.9. The maximum Gasteiger partial charge on any atom is -1.00 e. The van der Waals surface area contributed by atoms with Gasteiger partial charge in [0.2, 0.25) is 0 Å². The Morgan fingerprint density at radius 1 is 0.682 bits per heavy atom. The molecule has 0 aromatic rings. The minimum Gasteiger partial charge on any atom is -1.00 e. The summed E-state index contributed by atoms with van der Waals surface area (Å²) < 4.78 is 3.77. The third-order valence-electron chi connectivity index (χ3n) is 6.09. The zero-order chi connectivity index (χ0) is 15.0. The van der Waals surface area contributed by atoms with Crippen LogP contribution < -0.4 is 24.8 Å². The first-order valence-electron chi connectivity index (χ1n) is 7.81. The molecule has 2 atom stereocenters. The van der Waals surface area contributed by atoms with Gasteiger partial charge in [0, 0.05) is 0 Å². The van der Waals surface area contributed by atoms with E-state index in [0.717, 1.165) is 11.8 Å². The van der Waals surface area contributed by atoms with E-state index in [4.69, 9.17) is 0 Å². The first-order valence-corrected chi connectivity index (χ1v) is 13.3. The number of rotatable bonds is 0. The Balaban J connectivity index is 0.00000121. The van der Waals surface area contributed by atoms with E-state index < -0.39 is 31.3 Å². The van der Waals surface area contributed by atoms with Crippen molar-refractivity contribution in [3.8, 4) is 0 Å². The molecule has 0 aromatic heterocycles. The smallest absolute Gasteiger partial charge is 1.00 e. The molecule has 0 aromatic carbocycles. The Kier molecular flexibility index (Phi) is 6.12. The van der Waals surface area contributed by atoms with Gasteiger partial charge < -0.3 is 24.8 Å². The summed E-state index contributed by atoms with van der Waals surface area (Å²) >= 11 is -0.567. The van der Waals surface area contributed by atoms with E-state index in [2.05, 4.69) is 54.6 Å². The van der Waals surface area contributed by atoms with Gasteiger partial charge in [-0.25, -0.2) is 0 Å². The van der Waals surface area contributed by atoms with Gasteiger partial charge in [-0.3, -0.25) is 0 Å². The van der Waals surface area contributed by atoms with E-state index in [1.165, 1.54) is 0 Å². The third-order valence-corrected chi connectivity index (χ3v) is 15.7. The SMILES string of the molecule is CC1=[C]2[Zr+2][C]3=C(C)C(C)=C([C@H]3C)[Si](C)(C)C(=C1C)[C@@H]2C.[Cl-].[Cl-]. The Morgan fingerprint density at radius 2 is 1.00 bits per heavy atom. The number of allylic oxidation sites excluding steroid dienone is 8. The van der Waals surface area contributed by atoms with Crippen LogP contribution in [0.2, 0.25) is 13.1 Å². The summed E-state index contributed by atoms with van der Waals surface area (Å²) in [6.07, 6.45) is 0. The molecule has 0 radical (unpaired) electrons. The zero-order valence-corrected chi connectivity index (χ0v) is 19.9. The van der Waals surface area contributed by atoms with E-state index in [9.17, 15) is 0 Å². The minimum atomic E-state index is -1.48. The van der Waals surface area contributed by atoms with Crippen LogP contribution in [-0.2, 0) is 23.2 Å². The average molecular weight is 433 g/mol. The van der Waals surface area contributed by atoms with E-state index in [0.29, 0.717) is 0 Å². The van der Waals surface area contributed by atoms with Gasteiger partial charge in [-0.15, -0.1) is 0 Å². The molecule has 4 heteroatoms. The second-order valence-corrected chi connectivity index (χ2v) is 14.9. The molecule has 22 heavy (non-hydrogen) atoms. The molecule has 1 fully saturated rings. The molecule has 3 rings (SSSR count). The molecule has 0 saturated carbocycles. The molecule has 3 aliphatic rings. The molecular weight excluding hydrogens is 406 g/mol. The average Bonchev–Trinajstić information content (AvgIpc) is 2.70. The molecule has 1 heterocycles. The van der Waals surface area contributed by atoms with Crippen molar-refractivity contribution in [2.24, 2.45) is 11.8 Å².